The van der Waals surface area contributed by atoms with Crippen LogP contribution in [0.3, 0.4) is 0 Å². The van der Waals surface area contributed by atoms with Gasteiger partial charge in [0.1, 0.15) is 12.4 Å². The molecule has 1 aliphatic rings. The van der Waals surface area contributed by atoms with E-state index >= 15 is 0 Å². The highest BCUT2D eigenvalue weighted by molar-refractivity contribution is 9.10. The minimum absolute atomic E-state index is 0.276. The summed E-state index contributed by atoms with van der Waals surface area (Å²) in [5.41, 5.74) is 2.26. The van der Waals surface area contributed by atoms with E-state index in [9.17, 15) is 14.4 Å². The zero-order valence-corrected chi connectivity index (χ0v) is 19.3. The molecule has 0 spiro atoms. The number of carbonyl (C=O) groups is 3. The summed E-state index contributed by atoms with van der Waals surface area (Å²) >= 11 is 4.33. The summed E-state index contributed by atoms with van der Waals surface area (Å²) in [6, 6.07) is 23.9. The lowest BCUT2D eigenvalue weighted by Gasteiger charge is -2.11. The Hall–Kier alpha value is -3.16. The van der Waals surface area contributed by atoms with Gasteiger partial charge in [0, 0.05) is 5.56 Å². The van der Waals surface area contributed by atoms with Crippen LogP contribution in [-0.2, 0) is 11.4 Å². The smallest absolute Gasteiger partial charge is 0.293 e. The predicted octanol–water partition coefficient (Wildman–Crippen LogP) is 5.95. The molecular formula is C25H18BrNO4S. The van der Waals surface area contributed by atoms with Gasteiger partial charge in [-0.3, -0.25) is 19.3 Å². The number of ketones is 1. The summed E-state index contributed by atoms with van der Waals surface area (Å²) in [6.45, 7) is 0.162. The monoisotopic (exact) mass is 507 g/mol. The van der Waals surface area contributed by atoms with Gasteiger partial charge in [-0.05, 0) is 57.0 Å². The average molecular weight is 508 g/mol. The standard InChI is InChI=1S/C25H18BrNO4S/c26-20-13-18(11-12-22(20)31-16-17-7-3-1-4-8-17)14-23-24(29)27(25(30)32-23)15-21(28)19-9-5-2-6-10-19/h1-14H,15-16H2/b23-14+. The highest BCUT2D eigenvalue weighted by atomic mass is 79.9. The summed E-state index contributed by atoms with van der Waals surface area (Å²) in [7, 11) is 0. The Labute approximate surface area is 198 Å². The fourth-order valence-corrected chi connectivity index (χ4v) is 4.46. The molecule has 0 N–H and O–H groups in total. The molecule has 5 nitrogen and oxygen atoms in total. The van der Waals surface area contributed by atoms with Crippen molar-refractivity contribution in [1.82, 2.24) is 4.90 Å². The third kappa shape index (κ3) is 5.18. The Kier molecular flexibility index (Phi) is 6.87. The van der Waals surface area contributed by atoms with Crippen molar-refractivity contribution in [2.45, 2.75) is 6.61 Å². The minimum Gasteiger partial charge on any atom is -0.488 e. The van der Waals surface area contributed by atoms with Gasteiger partial charge in [-0.2, -0.15) is 0 Å². The van der Waals surface area contributed by atoms with Crippen molar-refractivity contribution in [3.05, 3.63) is 105 Å². The molecule has 1 fully saturated rings. The van der Waals surface area contributed by atoms with Gasteiger partial charge in [0.2, 0.25) is 0 Å². The van der Waals surface area contributed by atoms with E-state index in [0.29, 0.717) is 17.9 Å². The van der Waals surface area contributed by atoms with Crippen molar-refractivity contribution in [2.75, 3.05) is 6.54 Å². The zero-order valence-electron chi connectivity index (χ0n) is 16.9. The molecule has 0 aliphatic carbocycles. The first-order chi connectivity index (χ1) is 15.5. The van der Waals surface area contributed by atoms with Crippen molar-refractivity contribution < 1.29 is 19.1 Å². The van der Waals surface area contributed by atoms with Crippen LogP contribution in [0.4, 0.5) is 4.79 Å². The fourth-order valence-electron chi connectivity index (χ4n) is 3.11. The number of thioether (sulfide) groups is 1. The predicted molar refractivity (Wildman–Crippen MR) is 128 cm³/mol. The molecule has 1 saturated heterocycles. The SMILES string of the molecule is O=C(CN1C(=O)S/C(=C/c2ccc(OCc3ccccc3)c(Br)c2)C1=O)c1ccccc1. The molecule has 0 aromatic heterocycles. The van der Waals surface area contributed by atoms with Crippen molar-refractivity contribution in [2.24, 2.45) is 0 Å². The Bertz CT molecular complexity index is 1200. The molecule has 1 aliphatic heterocycles. The first-order valence-electron chi connectivity index (χ1n) is 9.81. The van der Waals surface area contributed by atoms with Crippen molar-refractivity contribution in [1.29, 1.82) is 0 Å². The number of nitrogens with zero attached hydrogens (tertiary/aromatic N) is 1. The van der Waals surface area contributed by atoms with Crippen LogP contribution < -0.4 is 4.74 Å². The van der Waals surface area contributed by atoms with Crippen molar-refractivity contribution in [3.8, 4) is 5.75 Å². The maximum Gasteiger partial charge on any atom is 0.293 e. The van der Waals surface area contributed by atoms with Gasteiger partial charge in [0.15, 0.2) is 5.78 Å². The minimum atomic E-state index is -0.468. The molecule has 0 atom stereocenters. The van der Waals surface area contributed by atoms with Crippen LogP contribution in [-0.4, -0.2) is 28.4 Å². The number of benzene rings is 3. The largest absolute Gasteiger partial charge is 0.488 e. The molecular weight excluding hydrogens is 490 g/mol. The Morgan fingerprint density at radius 3 is 2.34 bits per heavy atom. The van der Waals surface area contributed by atoms with Crippen LogP contribution in [0.15, 0.2) is 88.2 Å². The van der Waals surface area contributed by atoms with E-state index in [2.05, 4.69) is 15.9 Å². The Balaban J connectivity index is 1.44. The molecule has 0 radical (unpaired) electrons. The fraction of sp³-hybridized carbons (Fsp3) is 0.0800. The van der Waals surface area contributed by atoms with Gasteiger partial charge in [0.25, 0.3) is 11.1 Å². The van der Waals surface area contributed by atoms with E-state index < -0.39 is 11.1 Å². The first kappa shape index (κ1) is 22.0. The summed E-state index contributed by atoms with van der Waals surface area (Å²) in [5.74, 6) is -0.0748. The van der Waals surface area contributed by atoms with Crippen LogP contribution >= 0.6 is 27.7 Å². The maximum absolute atomic E-state index is 12.7. The molecule has 2 amide bonds. The number of halogens is 1. The summed E-state index contributed by atoms with van der Waals surface area (Å²) in [4.78, 5) is 38.7. The second-order valence-corrected chi connectivity index (χ2v) is 8.87. The first-order valence-corrected chi connectivity index (χ1v) is 11.4. The van der Waals surface area contributed by atoms with Gasteiger partial charge < -0.3 is 4.74 Å². The van der Waals surface area contributed by atoms with Crippen LogP contribution in [0.2, 0.25) is 0 Å². The van der Waals surface area contributed by atoms with Crippen LogP contribution in [0, 0.1) is 0 Å². The Morgan fingerprint density at radius 2 is 1.66 bits per heavy atom. The van der Waals surface area contributed by atoms with Gasteiger partial charge >= 0.3 is 0 Å². The van der Waals surface area contributed by atoms with Crippen molar-refractivity contribution in [3.63, 3.8) is 0 Å². The van der Waals surface area contributed by atoms with E-state index in [4.69, 9.17) is 4.74 Å². The van der Waals surface area contributed by atoms with E-state index in [1.807, 2.05) is 48.5 Å². The number of amides is 2. The topological polar surface area (TPSA) is 63.7 Å². The quantitative estimate of drug-likeness (QED) is 0.292. The van der Waals surface area contributed by atoms with E-state index in [1.54, 1.807) is 36.4 Å². The number of carbonyl (C=O) groups excluding carboxylic acids is 3. The highest BCUT2D eigenvalue weighted by Crippen LogP contribution is 2.34. The van der Waals surface area contributed by atoms with E-state index in [0.717, 1.165) is 32.3 Å². The lowest BCUT2D eigenvalue weighted by Crippen LogP contribution is -2.33. The number of rotatable bonds is 7. The number of Topliss-reactive ketones (excluding diaryl/α,β-unsaturated/α-hetero) is 1. The average Bonchev–Trinajstić information content (AvgIpc) is 3.07. The second-order valence-electron chi connectivity index (χ2n) is 7.02. The molecule has 7 heteroatoms. The molecule has 3 aromatic rings. The number of hydrogen-bond donors (Lipinski definition) is 0. The van der Waals surface area contributed by atoms with Crippen LogP contribution in [0.1, 0.15) is 21.5 Å². The van der Waals surface area contributed by atoms with Gasteiger partial charge in [-0.1, -0.05) is 66.7 Å². The number of hydrogen-bond acceptors (Lipinski definition) is 5. The van der Waals surface area contributed by atoms with E-state index in [1.165, 1.54) is 0 Å². The molecule has 1 heterocycles. The molecule has 0 bridgehead atoms. The third-order valence-corrected chi connectivity index (χ3v) is 6.29. The molecule has 0 saturated carbocycles. The summed E-state index contributed by atoms with van der Waals surface area (Å²) in [5, 5.41) is -0.451. The molecule has 3 aromatic carbocycles. The summed E-state index contributed by atoms with van der Waals surface area (Å²) in [6.07, 6.45) is 1.64. The second kappa shape index (κ2) is 9.97. The lowest BCUT2D eigenvalue weighted by molar-refractivity contribution is -0.122. The van der Waals surface area contributed by atoms with Gasteiger partial charge in [-0.15, -0.1) is 0 Å². The van der Waals surface area contributed by atoms with Crippen LogP contribution in [0.25, 0.3) is 6.08 Å². The van der Waals surface area contributed by atoms with Gasteiger partial charge in [-0.25, -0.2) is 0 Å². The van der Waals surface area contributed by atoms with E-state index in [-0.39, 0.29) is 17.2 Å². The maximum atomic E-state index is 12.7. The Morgan fingerprint density at radius 1 is 0.969 bits per heavy atom. The zero-order chi connectivity index (χ0) is 22.5. The number of ether oxygens (including phenoxy) is 1. The molecule has 0 unspecified atom stereocenters. The van der Waals surface area contributed by atoms with Gasteiger partial charge in [0.05, 0.1) is 15.9 Å². The third-order valence-electron chi connectivity index (χ3n) is 4.76. The molecule has 32 heavy (non-hydrogen) atoms. The molecule has 160 valence electrons. The van der Waals surface area contributed by atoms with Crippen molar-refractivity contribution >= 4 is 50.7 Å². The highest BCUT2D eigenvalue weighted by Gasteiger charge is 2.36. The normalized spacial score (nSPS) is 14.8. The summed E-state index contributed by atoms with van der Waals surface area (Å²) < 4.78 is 6.59. The lowest BCUT2D eigenvalue weighted by atomic mass is 10.1. The van der Waals surface area contributed by atoms with Crippen LogP contribution in [0.5, 0.6) is 5.75 Å². The number of imide groups is 1. The molecule has 4 rings (SSSR count).